The van der Waals surface area contributed by atoms with Crippen LogP contribution in [0.4, 0.5) is 0 Å². The summed E-state index contributed by atoms with van der Waals surface area (Å²) in [7, 11) is 0. The molecule has 0 bridgehead atoms. The van der Waals surface area contributed by atoms with E-state index in [-0.39, 0.29) is 6.10 Å². The van der Waals surface area contributed by atoms with Gasteiger partial charge < -0.3 is 5.11 Å². The van der Waals surface area contributed by atoms with E-state index in [9.17, 15) is 0 Å². The van der Waals surface area contributed by atoms with Crippen LogP contribution in [0.15, 0.2) is 12.2 Å². The minimum atomic E-state index is -0.241. The van der Waals surface area contributed by atoms with Gasteiger partial charge in [0.1, 0.15) is 0 Å². The molecule has 0 fully saturated rings. The summed E-state index contributed by atoms with van der Waals surface area (Å²) in [6.07, 6.45) is 4.33. The smallest absolute Gasteiger partial charge is 0.0723 e. The Morgan fingerprint density at radius 2 is 2.00 bits per heavy atom. The molecule has 0 aromatic rings. The van der Waals surface area contributed by atoms with Crippen LogP contribution >= 0.6 is 0 Å². The second-order valence-corrected chi connectivity index (χ2v) is 2.72. The van der Waals surface area contributed by atoms with E-state index in [1.54, 1.807) is 0 Å². The topological polar surface area (TPSA) is 20.2 Å². The maximum atomic E-state index is 9.13. The van der Waals surface area contributed by atoms with E-state index in [2.05, 4.69) is 13.8 Å². The lowest BCUT2D eigenvalue weighted by Gasteiger charge is -2.06. The average Bonchev–Trinajstić information content (AvgIpc) is 1.63. The first-order valence-electron chi connectivity index (χ1n) is 3.47. The van der Waals surface area contributed by atoms with E-state index in [1.807, 2.05) is 19.1 Å². The third-order valence-electron chi connectivity index (χ3n) is 1.13. The van der Waals surface area contributed by atoms with Gasteiger partial charge in [0, 0.05) is 0 Å². The van der Waals surface area contributed by atoms with Crippen LogP contribution in [-0.4, -0.2) is 11.2 Å². The summed E-state index contributed by atoms with van der Waals surface area (Å²) in [5.74, 6) is 0.580. The van der Waals surface area contributed by atoms with E-state index in [0.717, 1.165) is 6.42 Å². The molecule has 0 aliphatic carbocycles. The van der Waals surface area contributed by atoms with Gasteiger partial charge in [-0.3, -0.25) is 0 Å². The summed E-state index contributed by atoms with van der Waals surface area (Å²) in [6, 6.07) is 0. The fourth-order valence-corrected chi connectivity index (χ4v) is 0.784. The van der Waals surface area contributed by atoms with Gasteiger partial charge in [-0.2, -0.15) is 0 Å². The van der Waals surface area contributed by atoms with Crippen molar-refractivity contribution in [3.05, 3.63) is 12.2 Å². The van der Waals surface area contributed by atoms with Crippen molar-refractivity contribution in [2.75, 3.05) is 0 Å². The van der Waals surface area contributed by atoms with Crippen LogP contribution < -0.4 is 0 Å². The summed E-state index contributed by atoms with van der Waals surface area (Å²) >= 11 is 0. The monoisotopic (exact) mass is 128 g/mol. The van der Waals surface area contributed by atoms with E-state index in [0.29, 0.717) is 5.92 Å². The van der Waals surface area contributed by atoms with Gasteiger partial charge in [-0.25, -0.2) is 0 Å². The van der Waals surface area contributed by atoms with Crippen molar-refractivity contribution in [2.24, 2.45) is 5.92 Å². The molecule has 0 unspecified atom stereocenters. The van der Waals surface area contributed by atoms with Crippen LogP contribution in [0.5, 0.6) is 0 Å². The van der Waals surface area contributed by atoms with Crippen LogP contribution in [0.3, 0.4) is 0 Å². The highest BCUT2D eigenvalue weighted by Crippen LogP contribution is 2.04. The predicted octanol–water partition coefficient (Wildman–Crippen LogP) is 1.97. The number of aliphatic hydroxyl groups is 1. The van der Waals surface area contributed by atoms with Crippen molar-refractivity contribution < 1.29 is 5.11 Å². The molecule has 1 N–H and O–H groups in total. The van der Waals surface area contributed by atoms with Gasteiger partial charge >= 0.3 is 0 Å². The highest BCUT2D eigenvalue weighted by atomic mass is 16.3. The molecule has 0 aromatic heterocycles. The number of allylic oxidation sites excluding steroid dienone is 1. The Hall–Kier alpha value is -0.300. The van der Waals surface area contributed by atoms with Gasteiger partial charge in [-0.1, -0.05) is 26.0 Å². The van der Waals surface area contributed by atoms with Gasteiger partial charge in [0.2, 0.25) is 0 Å². The van der Waals surface area contributed by atoms with Gasteiger partial charge in [-0.05, 0) is 19.3 Å². The zero-order valence-electron chi connectivity index (χ0n) is 6.46. The van der Waals surface area contributed by atoms with Crippen LogP contribution in [0.25, 0.3) is 0 Å². The molecule has 0 spiro atoms. The Morgan fingerprint density at radius 3 is 2.33 bits per heavy atom. The minimum Gasteiger partial charge on any atom is -0.389 e. The molecule has 0 aliphatic heterocycles. The lowest BCUT2D eigenvalue weighted by molar-refractivity contribution is 0.195. The van der Waals surface area contributed by atoms with Gasteiger partial charge in [0.15, 0.2) is 0 Å². The van der Waals surface area contributed by atoms with Crippen molar-refractivity contribution in [2.45, 2.75) is 33.3 Å². The summed E-state index contributed by atoms with van der Waals surface area (Å²) in [5.41, 5.74) is 0. The first kappa shape index (κ1) is 8.70. The van der Waals surface area contributed by atoms with Crippen molar-refractivity contribution in [1.29, 1.82) is 0 Å². The molecule has 54 valence electrons. The number of hydrogen-bond acceptors (Lipinski definition) is 1. The van der Waals surface area contributed by atoms with Crippen molar-refractivity contribution in [3.8, 4) is 0 Å². The Balaban J connectivity index is 3.38. The predicted molar refractivity (Wildman–Crippen MR) is 40.3 cm³/mol. The van der Waals surface area contributed by atoms with E-state index < -0.39 is 0 Å². The molecule has 0 heterocycles. The maximum absolute atomic E-state index is 9.13. The molecular weight excluding hydrogens is 112 g/mol. The number of aliphatic hydroxyl groups excluding tert-OH is 1. The zero-order chi connectivity index (χ0) is 7.28. The first-order chi connectivity index (χ1) is 4.16. The molecule has 0 radical (unpaired) electrons. The molecule has 0 amide bonds. The van der Waals surface area contributed by atoms with Crippen LogP contribution in [0.1, 0.15) is 27.2 Å². The second kappa shape index (κ2) is 4.57. The van der Waals surface area contributed by atoms with Crippen molar-refractivity contribution in [3.63, 3.8) is 0 Å². The van der Waals surface area contributed by atoms with E-state index in [4.69, 9.17) is 5.11 Å². The molecular formula is C8H16O. The number of hydrogen-bond donors (Lipinski definition) is 1. The summed E-state index contributed by atoms with van der Waals surface area (Å²) in [6.45, 7) is 6.13. The van der Waals surface area contributed by atoms with Crippen LogP contribution in [0, 0.1) is 5.92 Å². The second-order valence-electron chi connectivity index (χ2n) is 2.72. The highest BCUT2D eigenvalue weighted by molar-refractivity contribution is 4.85. The van der Waals surface area contributed by atoms with Gasteiger partial charge in [0.25, 0.3) is 0 Å². The van der Waals surface area contributed by atoms with Gasteiger partial charge in [0.05, 0.1) is 6.10 Å². The van der Waals surface area contributed by atoms with Crippen LogP contribution in [0.2, 0.25) is 0 Å². The molecule has 1 heteroatoms. The number of rotatable bonds is 3. The Labute approximate surface area is 57.4 Å². The summed E-state index contributed by atoms with van der Waals surface area (Å²) in [4.78, 5) is 0. The largest absolute Gasteiger partial charge is 0.389 e. The Kier molecular flexibility index (Phi) is 4.41. The quantitative estimate of drug-likeness (QED) is 0.576. The molecule has 0 rings (SSSR count). The first-order valence-corrected chi connectivity index (χ1v) is 3.47. The fourth-order valence-electron chi connectivity index (χ4n) is 0.784. The lowest BCUT2D eigenvalue weighted by atomic mass is 10.1. The molecule has 0 saturated heterocycles. The molecule has 0 aliphatic rings. The lowest BCUT2D eigenvalue weighted by Crippen LogP contribution is -2.05. The third kappa shape index (κ3) is 5.57. The molecule has 1 nitrogen and oxygen atoms in total. The maximum Gasteiger partial charge on any atom is 0.0723 e. The molecule has 9 heavy (non-hydrogen) atoms. The zero-order valence-corrected chi connectivity index (χ0v) is 6.46. The summed E-state index contributed by atoms with van der Waals surface area (Å²) < 4.78 is 0. The van der Waals surface area contributed by atoms with Crippen molar-refractivity contribution >= 4 is 0 Å². The Morgan fingerprint density at radius 1 is 1.44 bits per heavy atom. The molecule has 1 atom stereocenters. The van der Waals surface area contributed by atoms with E-state index in [1.165, 1.54) is 0 Å². The fraction of sp³-hybridized carbons (Fsp3) is 0.750. The normalized spacial score (nSPS) is 15.2. The minimum absolute atomic E-state index is 0.241. The SMILES string of the molecule is C/C=C\[C@H](O)CC(C)C. The van der Waals surface area contributed by atoms with Crippen LogP contribution in [-0.2, 0) is 0 Å². The van der Waals surface area contributed by atoms with E-state index >= 15 is 0 Å². The Bertz CT molecular complexity index is 84.6. The van der Waals surface area contributed by atoms with Crippen molar-refractivity contribution in [1.82, 2.24) is 0 Å². The standard InChI is InChI=1S/C8H16O/c1-4-5-8(9)6-7(2)3/h4-5,7-9H,6H2,1-3H3/b5-4-/t8-/m0/s1. The molecule has 0 saturated carbocycles. The molecule has 0 aromatic carbocycles. The third-order valence-corrected chi connectivity index (χ3v) is 1.13. The van der Waals surface area contributed by atoms with Gasteiger partial charge in [-0.15, -0.1) is 0 Å². The highest BCUT2D eigenvalue weighted by Gasteiger charge is 2.00. The summed E-state index contributed by atoms with van der Waals surface area (Å²) in [5, 5.41) is 9.13. The average molecular weight is 128 g/mol.